The smallest absolute Gasteiger partial charge is 0.171 e. The van der Waals surface area contributed by atoms with Gasteiger partial charge in [0, 0.05) is 27.8 Å². The van der Waals surface area contributed by atoms with Gasteiger partial charge in [-0.2, -0.15) is 0 Å². The number of nitrogens with one attached hydrogen (secondary N) is 2. The van der Waals surface area contributed by atoms with Crippen LogP contribution in [-0.4, -0.2) is 5.11 Å². The highest BCUT2D eigenvalue weighted by Crippen LogP contribution is 2.22. The van der Waals surface area contributed by atoms with Gasteiger partial charge < -0.3 is 10.6 Å². The van der Waals surface area contributed by atoms with Gasteiger partial charge in [-0.3, -0.25) is 0 Å². The summed E-state index contributed by atoms with van der Waals surface area (Å²) in [6.07, 6.45) is 0. The van der Waals surface area contributed by atoms with Crippen LogP contribution in [0.15, 0.2) is 42.5 Å². The van der Waals surface area contributed by atoms with E-state index in [1.807, 2.05) is 0 Å². The van der Waals surface area contributed by atoms with Crippen LogP contribution >= 0.6 is 35.4 Å². The molecule has 0 heterocycles. The second-order valence-electron chi connectivity index (χ2n) is 4.06. The molecule has 0 saturated heterocycles. The lowest BCUT2D eigenvalue weighted by Gasteiger charge is -2.11. The molecular weight excluding hydrogens is 318 g/mol. The first-order valence-electron chi connectivity index (χ1n) is 5.79. The third kappa shape index (κ3) is 4.34. The van der Waals surface area contributed by atoms with E-state index in [4.69, 9.17) is 35.4 Å². The van der Waals surface area contributed by atoms with Crippen molar-refractivity contribution in [2.24, 2.45) is 0 Å². The molecule has 0 radical (unpaired) electrons. The molecule has 0 unspecified atom stereocenters. The Morgan fingerprint density at radius 2 is 1.75 bits per heavy atom. The Hall–Kier alpha value is -1.36. The maximum atomic E-state index is 13.4. The molecule has 0 aromatic heterocycles. The van der Waals surface area contributed by atoms with E-state index in [2.05, 4.69) is 10.6 Å². The third-order valence-electron chi connectivity index (χ3n) is 2.52. The van der Waals surface area contributed by atoms with Crippen LogP contribution in [-0.2, 0) is 6.54 Å². The van der Waals surface area contributed by atoms with Gasteiger partial charge in [0.05, 0.1) is 0 Å². The quantitative estimate of drug-likeness (QED) is 0.804. The molecule has 2 nitrogen and oxygen atoms in total. The SMILES string of the molecule is Fc1ccccc1CNC(=S)Nc1cc(Cl)cc(Cl)c1. The van der Waals surface area contributed by atoms with Crippen LogP contribution in [0.1, 0.15) is 5.56 Å². The zero-order chi connectivity index (χ0) is 14.5. The van der Waals surface area contributed by atoms with E-state index in [-0.39, 0.29) is 5.82 Å². The van der Waals surface area contributed by atoms with Crippen molar-refractivity contribution in [2.75, 3.05) is 5.32 Å². The Kier molecular flexibility index (Phi) is 5.17. The van der Waals surface area contributed by atoms with Crippen molar-refractivity contribution in [3.63, 3.8) is 0 Å². The summed E-state index contributed by atoms with van der Waals surface area (Å²) in [5.41, 5.74) is 1.22. The first kappa shape index (κ1) is 15.0. The number of hydrogen-bond acceptors (Lipinski definition) is 1. The molecule has 0 aliphatic rings. The molecule has 0 aliphatic heterocycles. The molecule has 0 saturated carbocycles. The molecule has 0 aliphatic carbocycles. The summed E-state index contributed by atoms with van der Waals surface area (Å²) >= 11 is 16.9. The van der Waals surface area contributed by atoms with Gasteiger partial charge in [-0.15, -0.1) is 0 Å². The topological polar surface area (TPSA) is 24.1 Å². The monoisotopic (exact) mass is 328 g/mol. The fourth-order valence-corrected chi connectivity index (χ4v) is 2.33. The summed E-state index contributed by atoms with van der Waals surface area (Å²) in [5.74, 6) is -0.270. The molecule has 20 heavy (non-hydrogen) atoms. The van der Waals surface area contributed by atoms with Crippen LogP contribution in [0, 0.1) is 5.82 Å². The summed E-state index contributed by atoms with van der Waals surface area (Å²) in [5, 5.41) is 7.25. The molecule has 2 N–H and O–H groups in total. The zero-order valence-corrected chi connectivity index (χ0v) is 12.6. The average Bonchev–Trinajstić information content (AvgIpc) is 2.36. The molecule has 0 amide bonds. The number of anilines is 1. The Labute approximate surface area is 131 Å². The highest BCUT2D eigenvalue weighted by Gasteiger charge is 2.03. The van der Waals surface area contributed by atoms with Crippen molar-refractivity contribution >= 4 is 46.2 Å². The molecule has 6 heteroatoms. The molecule has 2 aromatic carbocycles. The normalized spacial score (nSPS) is 10.2. The van der Waals surface area contributed by atoms with E-state index in [1.54, 1.807) is 36.4 Å². The van der Waals surface area contributed by atoms with E-state index >= 15 is 0 Å². The molecule has 2 rings (SSSR count). The summed E-state index contributed by atoms with van der Waals surface area (Å²) in [7, 11) is 0. The van der Waals surface area contributed by atoms with Crippen LogP contribution in [0.4, 0.5) is 10.1 Å². The first-order valence-corrected chi connectivity index (χ1v) is 6.95. The van der Waals surface area contributed by atoms with Crippen LogP contribution in [0.2, 0.25) is 10.0 Å². The maximum absolute atomic E-state index is 13.4. The lowest BCUT2D eigenvalue weighted by atomic mass is 10.2. The molecule has 0 spiro atoms. The second-order valence-corrected chi connectivity index (χ2v) is 5.34. The Morgan fingerprint density at radius 3 is 2.40 bits per heavy atom. The summed E-state index contributed by atoms with van der Waals surface area (Å²) in [6, 6.07) is 11.5. The van der Waals surface area contributed by atoms with Crippen LogP contribution in [0.25, 0.3) is 0 Å². The summed E-state index contributed by atoms with van der Waals surface area (Å²) < 4.78 is 13.4. The number of rotatable bonds is 3. The van der Waals surface area contributed by atoms with Crippen LogP contribution in [0.5, 0.6) is 0 Å². The molecular formula is C14H11Cl2FN2S. The lowest BCUT2D eigenvalue weighted by molar-refractivity contribution is 0.606. The molecule has 0 bridgehead atoms. The standard InChI is InChI=1S/C14H11Cl2FN2S/c15-10-5-11(16)7-12(6-10)19-14(20)18-8-9-3-1-2-4-13(9)17/h1-7H,8H2,(H2,18,19,20). The van der Waals surface area contributed by atoms with Crippen LogP contribution in [0.3, 0.4) is 0 Å². The van der Waals surface area contributed by atoms with E-state index < -0.39 is 0 Å². The molecule has 2 aromatic rings. The van der Waals surface area contributed by atoms with Gasteiger partial charge in [-0.25, -0.2) is 4.39 Å². The van der Waals surface area contributed by atoms with Gasteiger partial charge in [0.25, 0.3) is 0 Å². The number of halogens is 3. The Morgan fingerprint density at radius 1 is 1.10 bits per heavy atom. The molecule has 0 atom stereocenters. The van der Waals surface area contributed by atoms with E-state index in [9.17, 15) is 4.39 Å². The highest BCUT2D eigenvalue weighted by molar-refractivity contribution is 7.80. The predicted molar refractivity (Wildman–Crippen MR) is 85.9 cm³/mol. The fraction of sp³-hybridized carbons (Fsp3) is 0.0714. The zero-order valence-electron chi connectivity index (χ0n) is 10.3. The highest BCUT2D eigenvalue weighted by atomic mass is 35.5. The van der Waals surface area contributed by atoms with E-state index in [0.717, 1.165) is 0 Å². The van der Waals surface area contributed by atoms with Gasteiger partial charge in [-0.1, -0.05) is 41.4 Å². The minimum absolute atomic E-state index is 0.270. The molecule has 104 valence electrons. The van der Waals surface area contributed by atoms with Gasteiger partial charge in [0.2, 0.25) is 0 Å². The van der Waals surface area contributed by atoms with Crippen LogP contribution < -0.4 is 10.6 Å². The maximum Gasteiger partial charge on any atom is 0.171 e. The Bertz CT molecular complexity index is 614. The van der Waals surface area contributed by atoms with Gasteiger partial charge in [0.15, 0.2) is 5.11 Å². The lowest BCUT2D eigenvalue weighted by Crippen LogP contribution is -2.28. The third-order valence-corrected chi connectivity index (χ3v) is 3.20. The van der Waals surface area contributed by atoms with Gasteiger partial charge >= 0.3 is 0 Å². The van der Waals surface area contributed by atoms with Gasteiger partial charge in [-0.05, 0) is 36.5 Å². The van der Waals surface area contributed by atoms with E-state index in [0.29, 0.717) is 33.0 Å². The van der Waals surface area contributed by atoms with Crippen molar-refractivity contribution < 1.29 is 4.39 Å². The average molecular weight is 329 g/mol. The second kappa shape index (κ2) is 6.88. The summed E-state index contributed by atoms with van der Waals surface area (Å²) in [6.45, 7) is 0.298. The first-order chi connectivity index (χ1) is 9.54. The van der Waals surface area contributed by atoms with Crippen molar-refractivity contribution in [3.8, 4) is 0 Å². The minimum atomic E-state index is -0.270. The van der Waals surface area contributed by atoms with Crippen molar-refractivity contribution in [1.82, 2.24) is 5.32 Å². The van der Waals surface area contributed by atoms with Crippen molar-refractivity contribution in [3.05, 3.63) is 63.9 Å². The van der Waals surface area contributed by atoms with Crippen molar-refractivity contribution in [2.45, 2.75) is 6.54 Å². The van der Waals surface area contributed by atoms with Gasteiger partial charge in [0.1, 0.15) is 5.82 Å². The fourth-order valence-electron chi connectivity index (χ4n) is 1.62. The largest absolute Gasteiger partial charge is 0.358 e. The molecule has 0 fully saturated rings. The number of thiocarbonyl (C=S) groups is 1. The Balaban J connectivity index is 1.94. The summed E-state index contributed by atoms with van der Waals surface area (Å²) in [4.78, 5) is 0. The number of benzene rings is 2. The number of hydrogen-bond donors (Lipinski definition) is 2. The van der Waals surface area contributed by atoms with E-state index in [1.165, 1.54) is 6.07 Å². The predicted octanol–water partition coefficient (Wildman–Crippen LogP) is 4.62. The minimum Gasteiger partial charge on any atom is -0.358 e. The van der Waals surface area contributed by atoms with Crippen molar-refractivity contribution in [1.29, 1.82) is 0 Å².